The topological polar surface area (TPSA) is 40.7 Å². The number of benzene rings is 1. The minimum atomic E-state index is 0.822. The predicted molar refractivity (Wildman–Crippen MR) is 52.4 cm³/mol. The molecule has 0 saturated heterocycles. The Bertz CT molecular complexity index is 340. The quantitative estimate of drug-likeness (QED) is 0.745. The monoisotopic (exact) mass is 173 g/mol. The van der Waals surface area contributed by atoms with E-state index in [1.165, 1.54) is 5.56 Å². The zero-order valence-corrected chi connectivity index (χ0v) is 7.20. The van der Waals surface area contributed by atoms with E-state index in [4.69, 9.17) is 0 Å². The van der Waals surface area contributed by atoms with Crippen LogP contribution in [0.15, 0.2) is 42.6 Å². The highest BCUT2D eigenvalue weighted by Gasteiger charge is 1.92. The third-order valence-corrected chi connectivity index (χ3v) is 1.83. The Morgan fingerprint density at radius 2 is 2.00 bits per heavy atom. The lowest BCUT2D eigenvalue weighted by atomic mass is 10.2. The second kappa shape index (κ2) is 3.76. The Morgan fingerprint density at radius 1 is 1.15 bits per heavy atom. The van der Waals surface area contributed by atoms with Crippen LogP contribution in [-0.4, -0.2) is 10.2 Å². The molecule has 2 N–H and O–H groups in total. The average Bonchev–Trinajstić information content (AvgIpc) is 2.69. The maximum atomic E-state index is 3.85. The van der Waals surface area contributed by atoms with Crippen LogP contribution in [0.2, 0.25) is 0 Å². The van der Waals surface area contributed by atoms with Gasteiger partial charge in [-0.05, 0) is 11.6 Å². The van der Waals surface area contributed by atoms with Crippen LogP contribution >= 0.6 is 0 Å². The summed E-state index contributed by atoms with van der Waals surface area (Å²) in [6.45, 7) is 0.822. The molecule has 2 rings (SSSR count). The number of anilines is 1. The number of aromatic nitrogens is 2. The molecule has 0 atom stereocenters. The molecule has 0 bridgehead atoms. The second-order valence-corrected chi connectivity index (χ2v) is 2.81. The molecule has 0 saturated carbocycles. The SMILES string of the molecule is c1ccc(CNc2ccn[nH]2)cc1. The normalized spacial score (nSPS) is 9.85. The number of rotatable bonds is 3. The Morgan fingerprint density at radius 3 is 2.69 bits per heavy atom. The largest absolute Gasteiger partial charge is 0.366 e. The summed E-state index contributed by atoms with van der Waals surface area (Å²) >= 11 is 0. The molecule has 0 radical (unpaired) electrons. The van der Waals surface area contributed by atoms with E-state index >= 15 is 0 Å². The number of nitrogens with zero attached hydrogens (tertiary/aromatic N) is 1. The van der Waals surface area contributed by atoms with Crippen molar-refractivity contribution in [2.45, 2.75) is 6.54 Å². The van der Waals surface area contributed by atoms with Gasteiger partial charge in [-0.1, -0.05) is 30.3 Å². The van der Waals surface area contributed by atoms with Gasteiger partial charge in [0.15, 0.2) is 0 Å². The summed E-state index contributed by atoms with van der Waals surface area (Å²) in [7, 11) is 0. The minimum absolute atomic E-state index is 0.822. The summed E-state index contributed by atoms with van der Waals surface area (Å²) in [5, 5.41) is 9.92. The zero-order valence-electron chi connectivity index (χ0n) is 7.20. The molecular weight excluding hydrogens is 162 g/mol. The first-order chi connectivity index (χ1) is 6.45. The van der Waals surface area contributed by atoms with E-state index in [1.54, 1.807) is 6.20 Å². The van der Waals surface area contributed by atoms with Gasteiger partial charge in [0.25, 0.3) is 0 Å². The third kappa shape index (κ3) is 2.08. The van der Waals surface area contributed by atoms with Gasteiger partial charge in [0.1, 0.15) is 5.82 Å². The van der Waals surface area contributed by atoms with Crippen molar-refractivity contribution >= 4 is 5.82 Å². The first-order valence-corrected chi connectivity index (χ1v) is 4.22. The summed E-state index contributed by atoms with van der Waals surface area (Å²) in [5.74, 6) is 0.948. The molecule has 1 aromatic carbocycles. The smallest absolute Gasteiger partial charge is 0.121 e. The van der Waals surface area contributed by atoms with Crippen LogP contribution in [0, 0.1) is 0 Å². The van der Waals surface area contributed by atoms with E-state index in [0.717, 1.165) is 12.4 Å². The highest BCUT2D eigenvalue weighted by atomic mass is 15.2. The van der Waals surface area contributed by atoms with Crippen molar-refractivity contribution in [2.24, 2.45) is 0 Å². The van der Waals surface area contributed by atoms with Crippen LogP contribution in [0.1, 0.15) is 5.56 Å². The second-order valence-electron chi connectivity index (χ2n) is 2.81. The number of nitrogens with one attached hydrogen (secondary N) is 2. The van der Waals surface area contributed by atoms with Crippen LogP contribution < -0.4 is 5.32 Å². The van der Waals surface area contributed by atoms with Gasteiger partial charge in [0, 0.05) is 6.54 Å². The first kappa shape index (κ1) is 7.86. The molecular formula is C10H11N3. The van der Waals surface area contributed by atoms with Gasteiger partial charge in [-0.2, -0.15) is 5.10 Å². The Labute approximate surface area is 76.8 Å². The molecule has 13 heavy (non-hydrogen) atoms. The van der Waals surface area contributed by atoms with E-state index in [9.17, 15) is 0 Å². The Balaban J connectivity index is 1.94. The predicted octanol–water partition coefficient (Wildman–Crippen LogP) is 2.02. The summed E-state index contributed by atoms with van der Waals surface area (Å²) in [6.07, 6.45) is 1.73. The van der Waals surface area contributed by atoms with Gasteiger partial charge < -0.3 is 5.32 Å². The summed E-state index contributed by atoms with van der Waals surface area (Å²) in [6, 6.07) is 12.2. The molecule has 0 aliphatic rings. The van der Waals surface area contributed by atoms with Gasteiger partial charge in [-0.3, -0.25) is 5.10 Å². The lowest BCUT2D eigenvalue weighted by molar-refractivity contribution is 1.05. The molecule has 3 heteroatoms. The van der Waals surface area contributed by atoms with Crippen LogP contribution in [-0.2, 0) is 6.54 Å². The minimum Gasteiger partial charge on any atom is -0.366 e. The van der Waals surface area contributed by atoms with Crippen molar-refractivity contribution in [3.05, 3.63) is 48.2 Å². The van der Waals surface area contributed by atoms with Crippen molar-refractivity contribution in [1.29, 1.82) is 0 Å². The standard InChI is InChI=1S/C10H11N3/c1-2-4-9(5-3-1)8-11-10-6-7-12-13-10/h1-7H,8H2,(H2,11,12,13). The fourth-order valence-electron chi connectivity index (χ4n) is 1.15. The molecule has 1 aromatic heterocycles. The van der Waals surface area contributed by atoms with Gasteiger partial charge in [-0.15, -0.1) is 0 Å². The van der Waals surface area contributed by atoms with Gasteiger partial charge >= 0.3 is 0 Å². The average molecular weight is 173 g/mol. The Kier molecular flexibility index (Phi) is 2.27. The van der Waals surface area contributed by atoms with Crippen LogP contribution in [0.3, 0.4) is 0 Å². The maximum absolute atomic E-state index is 3.85. The van der Waals surface area contributed by atoms with Crippen LogP contribution in [0.25, 0.3) is 0 Å². The number of hydrogen-bond donors (Lipinski definition) is 2. The van der Waals surface area contributed by atoms with Crippen molar-refractivity contribution in [2.75, 3.05) is 5.32 Å². The van der Waals surface area contributed by atoms with E-state index in [-0.39, 0.29) is 0 Å². The van der Waals surface area contributed by atoms with E-state index in [1.807, 2.05) is 24.3 Å². The summed E-state index contributed by atoms with van der Waals surface area (Å²) in [4.78, 5) is 0. The van der Waals surface area contributed by atoms with E-state index in [2.05, 4.69) is 27.6 Å². The van der Waals surface area contributed by atoms with Crippen molar-refractivity contribution in [3.8, 4) is 0 Å². The summed E-state index contributed by atoms with van der Waals surface area (Å²) in [5.41, 5.74) is 1.26. The number of aromatic amines is 1. The summed E-state index contributed by atoms with van der Waals surface area (Å²) < 4.78 is 0. The van der Waals surface area contributed by atoms with Crippen molar-refractivity contribution in [1.82, 2.24) is 10.2 Å². The molecule has 0 aliphatic heterocycles. The highest BCUT2D eigenvalue weighted by Crippen LogP contribution is 2.03. The molecule has 0 unspecified atom stereocenters. The third-order valence-electron chi connectivity index (χ3n) is 1.83. The molecule has 0 spiro atoms. The first-order valence-electron chi connectivity index (χ1n) is 4.22. The van der Waals surface area contributed by atoms with Crippen molar-refractivity contribution < 1.29 is 0 Å². The molecule has 66 valence electrons. The van der Waals surface area contributed by atoms with Crippen LogP contribution in [0.4, 0.5) is 5.82 Å². The molecule has 1 heterocycles. The van der Waals surface area contributed by atoms with E-state index in [0.29, 0.717) is 0 Å². The fourth-order valence-corrected chi connectivity index (χ4v) is 1.15. The lowest BCUT2D eigenvalue weighted by Crippen LogP contribution is -1.98. The Hall–Kier alpha value is -1.77. The highest BCUT2D eigenvalue weighted by molar-refractivity contribution is 5.33. The number of H-pyrrole nitrogens is 1. The fraction of sp³-hybridized carbons (Fsp3) is 0.100. The number of hydrogen-bond acceptors (Lipinski definition) is 2. The van der Waals surface area contributed by atoms with E-state index < -0.39 is 0 Å². The van der Waals surface area contributed by atoms with Crippen molar-refractivity contribution in [3.63, 3.8) is 0 Å². The van der Waals surface area contributed by atoms with Gasteiger partial charge in [0.05, 0.1) is 6.20 Å². The lowest BCUT2D eigenvalue weighted by Gasteiger charge is -2.02. The maximum Gasteiger partial charge on any atom is 0.121 e. The van der Waals surface area contributed by atoms with Crippen LogP contribution in [0.5, 0.6) is 0 Å². The molecule has 0 fully saturated rings. The molecule has 3 nitrogen and oxygen atoms in total. The molecule has 2 aromatic rings. The molecule has 0 aliphatic carbocycles. The molecule has 0 amide bonds. The van der Waals surface area contributed by atoms with Gasteiger partial charge in [0.2, 0.25) is 0 Å². The van der Waals surface area contributed by atoms with Gasteiger partial charge in [-0.25, -0.2) is 0 Å². The zero-order chi connectivity index (χ0) is 8.93.